The van der Waals surface area contributed by atoms with Crippen molar-refractivity contribution in [2.24, 2.45) is 17.6 Å². The number of rotatable bonds is 11. The van der Waals surface area contributed by atoms with E-state index in [0.29, 0.717) is 33.6 Å². The Labute approximate surface area is 300 Å². The third kappa shape index (κ3) is 5.97. The molecule has 4 unspecified atom stereocenters. The molecule has 0 heterocycles. The molecule has 3 aliphatic rings. The van der Waals surface area contributed by atoms with Crippen molar-refractivity contribution in [3.63, 3.8) is 0 Å². The highest BCUT2D eigenvalue weighted by atomic mass is 31.2. The molecule has 0 radical (unpaired) electrons. The lowest BCUT2D eigenvalue weighted by atomic mass is 9.59. The Hall–Kier alpha value is -4.94. The number of fused-ring (bicyclic) bond motifs is 3. The van der Waals surface area contributed by atoms with Gasteiger partial charge in [0.05, 0.1) is 18.8 Å². The second-order valence-electron chi connectivity index (χ2n) is 13.4. The molecule has 1 amide bonds. The van der Waals surface area contributed by atoms with Gasteiger partial charge in [0.1, 0.15) is 22.8 Å². The molecule has 0 bridgehead atoms. The normalized spacial score (nSPS) is 22.0. The molecule has 0 aromatic heterocycles. The van der Waals surface area contributed by atoms with Crippen LogP contribution < -0.4 is 16.0 Å². The van der Waals surface area contributed by atoms with E-state index < -0.39 is 71.8 Å². The number of hydrogen-bond donors (Lipinski definition) is 6. The Morgan fingerprint density at radius 2 is 1.65 bits per heavy atom. The molecule has 0 aliphatic heterocycles. The number of nitrogens with zero attached hydrogens (tertiary/aromatic N) is 1. The molecule has 3 aromatic carbocycles. The number of aliphatic hydroxyl groups excluding tert-OH is 2. The maximum Gasteiger partial charge on any atom is 0.357 e. The highest BCUT2D eigenvalue weighted by Crippen LogP contribution is 2.61. The van der Waals surface area contributed by atoms with Crippen molar-refractivity contribution in [2.45, 2.75) is 44.5 Å². The van der Waals surface area contributed by atoms with E-state index in [2.05, 4.69) is 5.32 Å². The Kier molecular flexibility index (Phi) is 9.84. The molecule has 274 valence electrons. The summed E-state index contributed by atoms with van der Waals surface area (Å²) < 4.78 is 25.5. The van der Waals surface area contributed by atoms with Gasteiger partial charge in [-0.05, 0) is 67.5 Å². The summed E-state index contributed by atoms with van der Waals surface area (Å²) in [4.78, 5) is 40.6. The first-order chi connectivity index (χ1) is 24.7. The van der Waals surface area contributed by atoms with Crippen LogP contribution in [0.25, 0.3) is 16.9 Å². The van der Waals surface area contributed by atoms with Crippen LogP contribution in [0.15, 0.2) is 77.6 Å². The van der Waals surface area contributed by atoms with Crippen LogP contribution in [0.2, 0.25) is 0 Å². The van der Waals surface area contributed by atoms with E-state index in [1.54, 1.807) is 58.3 Å². The van der Waals surface area contributed by atoms with Crippen LogP contribution in [-0.4, -0.2) is 70.8 Å². The molecule has 0 spiro atoms. The lowest BCUT2D eigenvalue weighted by molar-refractivity contribution is -0.147. The minimum Gasteiger partial charge on any atom is -0.508 e. The average molecular weight is 732 g/mol. The lowest BCUT2D eigenvalue weighted by Gasteiger charge is -2.46. The van der Waals surface area contributed by atoms with E-state index in [1.807, 2.05) is 35.2 Å². The second-order valence-corrected chi connectivity index (χ2v) is 15.5. The summed E-state index contributed by atoms with van der Waals surface area (Å²) in [6, 6.07) is 17.9. The quantitative estimate of drug-likeness (QED) is 0.106. The van der Waals surface area contributed by atoms with Crippen LogP contribution in [0, 0.1) is 11.8 Å². The molecule has 3 aliphatic carbocycles. The van der Waals surface area contributed by atoms with Gasteiger partial charge in [-0.1, -0.05) is 42.5 Å². The van der Waals surface area contributed by atoms with Crippen molar-refractivity contribution in [1.29, 1.82) is 0 Å². The largest absolute Gasteiger partial charge is 0.508 e. The number of primary amides is 1. The molecule has 6 rings (SSSR count). The monoisotopic (exact) mass is 731 g/mol. The van der Waals surface area contributed by atoms with Gasteiger partial charge in [-0.25, -0.2) is 0 Å². The standard InChI is InChI=1S/C38H42N3O10P/c1-5-50-52(49,51-6-2)37(40-24-10-8-7-9-11-24)21-14-12-20(13-15-21)25-19-27(41(3)4)26-17-22-16-23-18-28(42)31(36(39)47)35(46)38(23,48)34(45)29(22)33(44)30(26)32(25)43/h7-15,19,22-23,37,40,43-44,46,48H,5-6,16-18H2,1-4H3,(H2,39,47). The predicted molar refractivity (Wildman–Crippen MR) is 195 cm³/mol. The second kappa shape index (κ2) is 13.9. The van der Waals surface area contributed by atoms with Gasteiger partial charge in [0, 0.05) is 48.9 Å². The van der Waals surface area contributed by atoms with Crippen LogP contribution in [-0.2, 0) is 34.4 Å². The highest BCUT2D eigenvalue weighted by molar-refractivity contribution is 7.54. The Morgan fingerprint density at radius 1 is 1.02 bits per heavy atom. The molecule has 3 aromatic rings. The number of Topliss-reactive ketones (excluding diaryl/α,β-unsaturated/α-hetero) is 2. The summed E-state index contributed by atoms with van der Waals surface area (Å²) in [5.41, 5.74) is 4.89. The minimum atomic E-state index is -3.74. The summed E-state index contributed by atoms with van der Waals surface area (Å²) >= 11 is 0. The molecule has 14 heteroatoms. The first-order valence-corrected chi connectivity index (χ1v) is 18.6. The SMILES string of the molecule is CCOP(=O)(OCC)C(Nc1ccccc1)c1ccc(-c2cc(N(C)C)c3c(c2O)C(O)=C2C(=O)C4(O)C(O)=C(C(N)=O)C(=O)CC4CC2C3)cc1. The van der Waals surface area contributed by atoms with E-state index in [4.69, 9.17) is 14.8 Å². The summed E-state index contributed by atoms with van der Waals surface area (Å²) in [6.07, 6.45) is -0.189. The van der Waals surface area contributed by atoms with Crippen molar-refractivity contribution < 1.29 is 48.4 Å². The van der Waals surface area contributed by atoms with Crippen LogP contribution in [0.5, 0.6) is 5.75 Å². The van der Waals surface area contributed by atoms with Crippen LogP contribution >= 0.6 is 7.60 Å². The number of aliphatic hydroxyl groups is 3. The van der Waals surface area contributed by atoms with Crippen LogP contribution in [0.1, 0.15) is 49.2 Å². The zero-order valence-electron chi connectivity index (χ0n) is 29.3. The average Bonchev–Trinajstić information content (AvgIpc) is 3.09. The zero-order valence-corrected chi connectivity index (χ0v) is 30.1. The number of amides is 1. The fraction of sp³-hybridized carbons (Fsp3) is 0.342. The Morgan fingerprint density at radius 3 is 2.23 bits per heavy atom. The number of anilines is 2. The first kappa shape index (κ1) is 36.8. The highest BCUT2D eigenvalue weighted by Gasteiger charge is 2.60. The van der Waals surface area contributed by atoms with Crippen LogP contribution in [0.3, 0.4) is 0 Å². The van der Waals surface area contributed by atoms with E-state index in [0.717, 1.165) is 0 Å². The molecule has 7 N–H and O–H groups in total. The lowest BCUT2D eigenvalue weighted by Crippen LogP contribution is -2.58. The predicted octanol–water partition coefficient (Wildman–Crippen LogP) is 5.53. The fourth-order valence-electron chi connectivity index (χ4n) is 7.72. The molecule has 0 saturated heterocycles. The van der Waals surface area contributed by atoms with Gasteiger partial charge < -0.3 is 45.4 Å². The Bertz CT molecular complexity index is 2050. The maximum absolute atomic E-state index is 14.1. The van der Waals surface area contributed by atoms with Gasteiger partial charge in [-0.15, -0.1) is 0 Å². The third-order valence-electron chi connectivity index (χ3n) is 10.1. The summed E-state index contributed by atoms with van der Waals surface area (Å²) in [7, 11) is -0.138. The van der Waals surface area contributed by atoms with Gasteiger partial charge in [0.15, 0.2) is 17.2 Å². The molecule has 1 saturated carbocycles. The van der Waals surface area contributed by atoms with Crippen molar-refractivity contribution in [2.75, 3.05) is 37.5 Å². The van der Waals surface area contributed by atoms with Gasteiger partial charge in [-0.2, -0.15) is 0 Å². The Balaban J connectivity index is 1.46. The number of carbonyl (C=O) groups is 3. The van der Waals surface area contributed by atoms with Crippen molar-refractivity contribution in [3.05, 3.63) is 94.3 Å². The summed E-state index contributed by atoms with van der Waals surface area (Å²) in [6.45, 7) is 3.77. The minimum absolute atomic E-state index is 0.0155. The molecular formula is C38H42N3O10P. The van der Waals surface area contributed by atoms with E-state index >= 15 is 0 Å². The van der Waals surface area contributed by atoms with Crippen molar-refractivity contribution >= 4 is 42.2 Å². The fourth-order valence-corrected chi connectivity index (χ4v) is 9.65. The number of phenols is 1. The molecule has 4 atom stereocenters. The summed E-state index contributed by atoms with van der Waals surface area (Å²) in [5, 5.41) is 49.5. The van der Waals surface area contributed by atoms with Gasteiger partial charge in [0.25, 0.3) is 5.91 Å². The summed E-state index contributed by atoms with van der Waals surface area (Å²) in [5.74, 6) is -7.75. The molecule has 13 nitrogen and oxygen atoms in total. The third-order valence-corrected chi connectivity index (χ3v) is 12.4. The molecule has 1 fully saturated rings. The van der Waals surface area contributed by atoms with Crippen molar-refractivity contribution in [3.8, 4) is 16.9 Å². The number of nitrogens with two attached hydrogens (primary N) is 1. The number of benzene rings is 3. The zero-order chi connectivity index (χ0) is 37.7. The molecular weight excluding hydrogens is 689 g/mol. The van der Waals surface area contributed by atoms with Crippen molar-refractivity contribution in [1.82, 2.24) is 0 Å². The number of phenolic OH excluding ortho intramolecular Hbond substituents is 1. The first-order valence-electron chi connectivity index (χ1n) is 17.0. The molecule has 52 heavy (non-hydrogen) atoms. The maximum atomic E-state index is 14.1. The van der Waals surface area contributed by atoms with Gasteiger partial charge in [0.2, 0.25) is 5.78 Å². The van der Waals surface area contributed by atoms with E-state index in [1.165, 1.54) is 0 Å². The number of ketones is 2. The van der Waals surface area contributed by atoms with E-state index in [9.17, 15) is 39.4 Å². The van der Waals surface area contributed by atoms with Crippen LogP contribution in [0.4, 0.5) is 11.4 Å². The number of nitrogens with one attached hydrogen (secondary N) is 1. The number of hydrogen-bond acceptors (Lipinski definition) is 12. The van der Waals surface area contributed by atoms with Gasteiger partial charge >= 0.3 is 7.60 Å². The van der Waals surface area contributed by atoms with E-state index in [-0.39, 0.29) is 42.9 Å². The smallest absolute Gasteiger partial charge is 0.357 e. The number of para-hydroxylation sites is 1. The number of carbonyl (C=O) groups excluding carboxylic acids is 3. The van der Waals surface area contributed by atoms with Gasteiger partial charge in [-0.3, -0.25) is 18.9 Å². The number of aromatic hydroxyl groups is 1. The topological polar surface area (TPSA) is 209 Å².